The van der Waals surface area contributed by atoms with Crippen LogP contribution in [0.3, 0.4) is 0 Å². The Morgan fingerprint density at radius 2 is 1.71 bits per heavy atom. The highest BCUT2D eigenvalue weighted by molar-refractivity contribution is 6.39. The van der Waals surface area contributed by atoms with E-state index in [9.17, 15) is 9.59 Å². The van der Waals surface area contributed by atoms with Gasteiger partial charge in [0, 0.05) is 56.5 Å². The summed E-state index contributed by atoms with van der Waals surface area (Å²) in [7, 11) is 0. The number of aryl methyl sites for hydroxylation is 2. The Hall–Kier alpha value is -3.71. The summed E-state index contributed by atoms with van der Waals surface area (Å²) in [5.41, 5.74) is 4.91. The van der Waals surface area contributed by atoms with Crippen LogP contribution in [0, 0.1) is 13.8 Å². The van der Waals surface area contributed by atoms with Crippen molar-refractivity contribution in [2.24, 2.45) is 0 Å². The van der Waals surface area contributed by atoms with Gasteiger partial charge in [-0.3, -0.25) is 19.5 Å². The van der Waals surface area contributed by atoms with E-state index >= 15 is 0 Å². The van der Waals surface area contributed by atoms with Crippen LogP contribution in [0.4, 0.5) is 11.4 Å². The van der Waals surface area contributed by atoms with Crippen LogP contribution in [-0.2, 0) is 9.59 Å². The fourth-order valence-corrected chi connectivity index (χ4v) is 4.36. The molecule has 1 aromatic heterocycles. The lowest BCUT2D eigenvalue weighted by Gasteiger charge is -2.40. The fraction of sp³-hybridized carbons (Fsp3) is 0.296. The number of piperazine rings is 1. The number of amides is 2. The Balaban J connectivity index is 1.39. The third-order valence-corrected chi connectivity index (χ3v) is 6.24. The molecular formula is C27H31N5O2. The van der Waals surface area contributed by atoms with Crippen LogP contribution in [0.5, 0.6) is 0 Å². The summed E-state index contributed by atoms with van der Waals surface area (Å²) in [5, 5.41) is 5.56. The number of aromatic nitrogens is 1. The van der Waals surface area contributed by atoms with Crippen LogP contribution in [0.1, 0.15) is 22.7 Å². The molecule has 1 aliphatic heterocycles. The van der Waals surface area contributed by atoms with Crippen LogP contribution >= 0.6 is 0 Å². The van der Waals surface area contributed by atoms with Crippen LogP contribution < -0.4 is 15.5 Å². The molecule has 4 rings (SSSR count). The van der Waals surface area contributed by atoms with E-state index in [-0.39, 0.29) is 6.04 Å². The minimum Gasteiger partial charge on any atom is -0.369 e. The number of hydrogen-bond acceptors (Lipinski definition) is 5. The van der Waals surface area contributed by atoms with E-state index in [1.807, 2.05) is 56.4 Å². The number of nitrogens with zero attached hydrogens (tertiary/aromatic N) is 3. The van der Waals surface area contributed by atoms with Crippen molar-refractivity contribution in [3.63, 3.8) is 0 Å². The summed E-state index contributed by atoms with van der Waals surface area (Å²) in [5.74, 6) is -1.30. The van der Waals surface area contributed by atoms with Gasteiger partial charge in [-0.15, -0.1) is 0 Å². The molecule has 2 aromatic carbocycles. The van der Waals surface area contributed by atoms with Crippen molar-refractivity contribution >= 4 is 23.2 Å². The van der Waals surface area contributed by atoms with E-state index in [2.05, 4.69) is 49.7 Å². The van der Waals surface area contributed by atoms with Crippen molar-refractivity contribution in [1.82, 2.24) is 15.2 Å². The number of para-hydroxylation sites is 1. The van der Waals surface area contributed by atoms with Gasteiger partial charge in [0.05, 0.1) is 6.04 Å². The van der Waals surface area contributed by atoms with Crippen LogP contribution in [0.25, 0.3) is 0 Å². The summed E-state index contributed by atoms with van der Waals surface area (Å²) in [6.07, 6.45) is 3.57. The van der Waals surface area contributed by atoms with Crippen molar-refractivity contribution in [2.75, 3.05) is 42.9 Å². The average Bonchev–Trinajstić information content (AvgIpc) is 2.87. The monoisotopic (exact) mass is 457 g/mol. The molecule has 2 N–H and O–H groups in total. The maximum atomic E-state index is 12.6. The Morgan fingerprint density at radius 1 is 0.941 bits per heavy atom. The van der Waals surface area contributed by atoms with Gasteiger partial charge in [-0.05, 0) is 49.2 Å². The number of anilines is 2. The molecule has 0 bridgehead atoms. The molecule has 0 unspecified atom stereocenters. The summed E-state index contributed by atoms with van der Waals surface area (Å²) in [4.78, 5) is 34.1. The van der Waals surface area contributed by atoms with Crippen molar-refractivity contribution in [3.05, 3.63) is 89.7 Å². The zero-order valence-corrected chi connectivity index (χ0v) is 19.7. The lowest BCUT2D eigenvalue weighted by atomic mass is 10.1. The molecule has 0 radical (unpaired) electrons. The van der Waals surface area contributed by atoms with Crippen LogP contribution in [-0.4, -0.2) is 54.4 Å². The molecule has 34 heavy (non-hydrogen) atoms. The standard InChI is InChI=1S/C27H31N5O2/c1-20-10-11-24(21(2)17-20)30-27(34)26(33)29-19-25(22-7-6-12-28-18-22)32-15-13-31(14-16-32)23-8-4-3-5-9-23/h3-12,17-18,25H,13-16,19H2,1-2H3,(H,29,33)(H,30,34)/t25-/m1/s1. The van der Waals surface area contributed by atoms with Gasteiger partial charge in [-0.2, -0.15) is 0 Å². The maximum Gasteiger partial charge on any atom is 0.313 e. The van der Waals surface area contributed by atoms with Gasteiger partial charge in [-0.25, -0.2) is 0 Å². The first-order valence-corrected chi connectivity index (χ1v) is 11.6. The topological polar surface area (TPSA) is 77.6 Å². The van der Waals surface area contributed by atoms with Gasteiger partial charge in [0.1, 0.15) is 0 Å². The number of carbonyl (C=O) groups excluding carboxylic acids is 2. The number of carbonyl (C=O) groups is 2. The highest BCUT2D eigenvalue weighted by Crippen LogP contribution is 2.23. The molecule has 1 saturated heterocycles. The molecule has 2 amide bonds. The second kappa shape index (κ2) is 10.9. The Morgan fingerprint density at radius 3 is 2.38 bits per heavy atom. The van der Waals surface area contributed by atoms with Crippen molar-refractivity contribution in [1.29, 1.82) is 0 Å². The molecule has 0 saturated carbocycles. The van der Waals surface area contributed by atoms with Gasteiger partial charge in [0.25, 0.3) is 0 Å². The lowest BCUT2D eigenvalue weighted by Crippen LogP contribution is -2.50. The first kappa shape index (κ1) is 23.4. The molecule has 0 spiro atoms. The minimum absolute atomic E-state index is 0.0653. The Bertz CT molecular complexity index is 1110. The second-order valence-corrected chi connectivity index (χ2v) is 8.64. The summed E-state index contributed by atoms with van der Waals surface area (Å²) in [6.45, 7) is 7.70. The molecule has 7 nitrogen and oxygen atoms in total. The Kier molecular flexibility index (Phi) is 7.54. The third kappa shape index (κ3) is 5.80. The Labute approximate surface area is 200 Å². The molecule has 176 valence electrons. The van der Waals surface area contributed by atoms with Gasteiger partial charge in [0.15, 0.2) is 0 Å². The highest BCUT2D eigenvalue weighted by Gasteiger charge is 2.27. The van der Waals surface area contributed by atoms with Crippen molar-refractivity contribution in [3.8, 4) is 0 Å². The van der Waals surface area contributed by atoms with E-state index in [0.717, 1.165) is 42.9 Å². The van der Waals surface area contributed by atoms with Crippen LogP contribution in [0.2, 0.25) is 0 Å². The zero-order valence-electron chi connectivity index (χ0n) is 19.7. The molecular weight excluding hydrogens is 426 g/mol. The lowest BCUT2D eigenvalue weighted by molar-refractivity contribution is -0.136. The number of hydrogen-bond donors (Lipinski definition) is 2. The molecule has 2 heterocycles. The first-order valence-electron chi connectivity index (χ1n) is 11.6. The molecule has 1 atom stereocenters. The highest BCUT2D eigenvalue weighted by atomic mass is 16.2. The average molecular weight is 458 g/mol. The van der Waals surface area contributed by atoms with Crippen molar-refractivity contribution in [2.45, 2.75) is 19.9 Å². The largest absolute Gasteiger partial charge is 0.369 e. The van der Waals surface area contributed by atoms with E-state index < -0.39 is 11.8 Å². The molecule has 1 fully saturated rings. The SMILES string of the molecule is Cc1ccc(NC(=O)C(=O)NC[C@H](c2cccnc2)N2CCN(c3ccccc3)CC2)c(C)c1. The predicted molar refractivity (Wildman–Crippen MR) is 135 cm³/mol. The minimum atomic E-state index is -0.661. The van der Waals surface area contributed by atoms with Crippen LogP contribution in [0.15, 0.2) is 73.1 Å². The first-order chi connectivity index (χ1) is 16.5. The number of rotatable bonds is 6. The number of benzene rings is 2. The smallest absolute Gasteiger partial charge is 0.313 e. The van der Waals surface area contributed by atoms with E-state index in [4.69, 9.17) is 0 Å². The fourth-order valence-electron chi connectivity index (χ4n) is 4.36. The van der Waals surface area contributed by atoms with Crippen molar-refractivity contribution < 1.29 is 9.59 Å². The molecule has 1 aliphatic rings. The van der Waals surface area contributed by atoms with E-state index in [1.54, 1.807) is 6.20 Å². The maximum absolute atomic E-state index is 12.6. The van der Waals surface area contributed by atoms with Gasteiger partial charge >= 0.3 is 11.8 Å². The van der Waals surface area contributed by atoms with E-state index in [0.29, 0.717) is 12.2 Å². The quantitative estimate of drug-likeness (QED) is 0.556. The van der Waals surface area contributed by atoms with Gasteiger partial charge < -0.3 is 15.5 Å². The number of nitrogens with one attached hydrogen (secondary N) is 2. The molecule has 0 aliphatic carbocycles. The number of pyridine rings is 1. The van der Waals surface area contributed by atoms with Gasteiger partial charge in [-0.1, -0.05) is 42.0 Å². The zero-order chi connectivity index (χ0) is 23.9. The third-order valence-electron chi connectivity index (χ3n) is 6.24. The second-order valence-electron chi connectivity index (χ2n) is 8.64. The summed E-state index contributed by atoms with van der Waals surface area (Å²) < 4.78 is 0. The normalized spacial score (nSPS) is 14.9. The predicted octanol–water partition coefficient (Wildman–Crippen LogP) is 3.32. The summed E-state index contributed by atoms with van der Waals surface area (Å²) >= 11 is 0. The molecule has 7 heteroatoms. The summed E-state index contributed by atoms with van der Waals surface area (Å²) in [6, 6.07) is 19.9. The van der Waals surface area contributed by atoms with Gasteiger partial charge in [0.2, 0.25) is 0 Å². The molecule has 3 aromatic rings. The van der Waals surface area contributed by atoms with E-state index in [1.165, 1.54) is 5.69 Å².